The summed E-state index contributed by atoms with van der Waals surface area (Å²) < 4.78 is 1.75. The van der Waals surface area contributed by atoms with E-state index >= 15 is 0 Å². The lowest BCUT2D eigenvalue weighted by Gasteiger charge is -2.36. The molecule has 0 aromatic carbocycles. The first-order valence-electron chi connectivity index (χ1n) is 6.19. The molecule has 102 valence electrons. The quantitative estimate of drug-likeness (QED) is 0.815. The van der Waals surface area contributed by atoms with Crippen LogP contribution in [0.4, 0.5) is 0 Å². The number of carbonyl (C=O) groups excluding carboxylic acids is 1. The van der Waals surface area contributed by atoms with Crippen LogP contribution in [0.2, 0.25) is 0 Å². The number of rotatable bonds is 5. The molecule has 1 heterocycles. The van der Waals surface area contributed by atoms with Crippen LogP contribution < -0.4 is 11.1 Å². The summed E-state index contributed by atoms with van der Waals surface area (Å²) in [5, 5.41) is 7.02. The fraction of sp³-hybridized carbons (Fsp3) is 0.692. The first-order chi connectivity index (χ1) is 8.14. The van der Waals surface area contributed by atoms with Crippen molar-refractivity contribution < 1.29 is 4.79 Å². The van der Waals surface area contributed by atoms with E-state index in [1.54, 1.807) is 4.68 Å². The van der Waals surface area contributed by atoms with E-state index in [9.17, 15) is 4.79 Å². The smallest absolute Gasteiger partial charge is 0.227 e. The van der Waals surface area contributed by atoms with Gasteiger partial charge in [-0.2, -0.15) is 5.10 Å². The molecule has 0 aliphatic rings. The van der Waals surface area contributed by atoms with Crippen molar-refractivity contribution in [1.82, 2.24) is 15.1 Å². The fourth-order valence-corrected chi connectivity index (χ4v) is 1.43. The molecule has 3 N–H and O–H groups in total. The van der Waals surface area contributed by atoms with Gasteiger partial charge in [-0.05, 0) is 39.7 Å². The summed E-state index contributed by atoms with van der Waals surface area (Å²) in [5.41, 5.74) is 5.99. The monoisotopic (exact) mass is 252 g/mol. The second kappa shape index (κ2) is 5.10. The molecule has 1 amide bonds. The number of nitrogens with two attached hydrogens (primary N) is 1. The molecule has 1 rings (SSSR count). The molecule has 0 radical (unpaired) electrons. The second-order valence-electron chi connectivity index (χ2n) is 5.87. The Labute approximate surface area is 109 Å². The van der Waals surface area contributed by atoms with Crippen LogP contribution >= 0.6 is 0 Å². The molecular weight excluding hydrogens is 228 g/mol. The van der Waals surface area contributed by atoms with E-state index < -0.39 is 11.0 Å². The van der Waals surface area contributed by atoms with Crippen molar-refractivity contribution >= 4 is 5.91 Å². The molecule has 0 aliphatic heterocycles. The fourth-order valence-electron chi connectivity index (χ4n) is 1.43. The van der Waals surface area contributed by atoms with Crippen LogP contribution in [0.1, 0.15) is 33.3 Å². The highest BCUT2D eigenvalue weighted by Gasteiger charge is 2.40. The summed E-state index contributed by atoms with van der Waals surface area (Å²) in [6.07, 6.45) is 4.54. The summed E-state index contributed by atoms with van der Waals surface area (Å²) in [6, 6.07) is 0. The van der Waals surface area contributed by atoms with E-state index in [0.29, 0.717) is 6.54 Å². The van der Waals surface area contributed by atoms with Gasteiger partial charge in [-0.3, -0.25) is 9.48 Å². The Bertz CT molecular complexity index is 415. The normalized spacial score (nSPS) is 12.6. The number of amides is 1. The number of aryl methyl sites for hydroxylation is 1. The highest BCUT2D eigenvalue weighted by atomic mass is 16.2. The Balaban J connectivity index is 2.47. The summed E-state index contributed by atoms with van der Waals surface area (Å²) >= 11 is 0. The SMILES string of the molecule is Cn1cc(CCNC(=O)C(C)(C)C(C)(C)N)cn1. The Morgan fingerprint density at radius 1 is 1.44 bits per heavy atom. The zero-order chi connectivity index (χ0) is 14.0. The number of nitrogens with zero attached hydrogens (tertiary/aromatic N) is 2. The molecule has 1 aromatic rings. The van der Waals surface area contributed by atoms with Crippen LogP contribution in [-0.4, -0.2) is 27.8 Å². The molecule has 5 heteroatoms. The van der Waals surface area contributed by atoms with Gasteiger partial charge in [0.15, 0.2) is 0 Å². The number of hydrogen-bond acceptors (Lipinski definition) is 3. The van der Waals surface area contributed by atoms with E-state index in [2.05, 4.69) is 10.4 Å². The molecule has 0 atom stereocenters. The van der Waals surface area contributed by atoms with Gasteiger partial charge >= 0.3 is 0 Å². The Kier molecular flexibility index (Phi) is 4.16. The van der Waals surface area contributed by atoms with Gasteiger partial charge in [0.1, 0.15) is 0 Å². The molecule has 0 spiro atoms. The third-order valence-electron chi connectivity index (χ3n) is 3.64. The van der Waals surface area contributed by atoms with Crippen LogP contribution in [0, 0.1) is 5.41 Å². The highest BCUT2D eigenvalue weighted by molar-refractivity contribution is 5.83. The van der Waals surface area contributed by atoms with Gasteiger partial charge in [0.2, 0.25) is 5.91 Å². The van der Waals surface area contributed by atoms with Crippen LogP contribution in [0.15, 0.2) is 12.4 Å². The maximum absolute atomic E-state index is 12.1. The summed E-state index contributed by atoms with van der Waals surface area (Å²) in [6.45, 7) is 8.07. The van der Waals surface area contributed by atoms with Crippen molar-refractivity contribution in [3.05, 3.63) is 18.0 Å². The first kappa shape index (κ1) is 14.7. The van der Waals surface area contributed by atoms with Gasteiger partial charge in [0.05, 0.1) is 11.6 Å². The van der Waals surface area contributed by atoms with Crippen molar-refractivity contribution in [3.8, 4) is 0 Å². The third kappa shape index (κ3) is 3.32. The molecule has 0 bridgehead atoms. The van der Waals surface area contributed by atoms with E-state index in [0.717, 1.165) is 12.0 Å². The van der Waals surface area contributed by atoms with Gasteiger partial charge in [-0.15, -0.1) is 0 Å². The van der Waals surface area contributed by atoms with Gasteiger partial charge < -0.3 is 11.1 Å². The molecule has 5 nitrogen and oxygen atoms in total. The van der Waals surface area contributed by atoms with Crippen LogP contribution in [-0.2, 0) is 18.3 Å². The maximum Gasteiger partial charge on any atom is 0.227 e. The van der Waals surface area contributed by atoms with Crippen molar-refractivity contribution in [2.75, 3.05) is 6.54 Å². The molecule has 1 aromatic heterocycles. The molecule has 18 heavy (non-hydrogen) atoms. The maximum atomic E-state index is 12.1. The highest BCUT2D eigenvalue weighted by Crippen LogP contribution is 2.28. The van der Waals surface area contributed by atoms with Crippen molar-refractivity contribution in [2.24, 2.45) is 18.2 Å². The number of carbonyl (C=O) groups is 1. The number of aromatic nitrogens is 2. The number of hydrogen-bond donors (Lipinski definition) is 2. The standard InChI is InChI=1S/C13H24N4O/c1-12(2,13(3,4)14)11(18)15-7-6-10-8-16-17(5)9-10/h8-9H,6-7,14H2,1-5H3,(H,15,18). The van der Waals surface area contributed by atoms with Crippen LogP contribution in [0.25, 0.3) is 0 Å². The minimum absolute atomic E-state index is 0.0149. The van der Waals surface area contributed by atoms with Crippen molar-refractivity contribution in [1.29, 1.82) is 0 Å². The largest absolute Gasteiger partial charge is 0.355 e. The average Bonchev–Trinajstić information content (AvgIpc) is 2.62. The van der Waals surface area contributed by atoms with Crippen molar-refractivity contribution in [2.45, 2.75) is 39.7 Å². The van der Waals surface area contributed by atoms with Gasteiger partial charge in [-0.1, -0.05) is 0 Å². The predicted octanol–water partition coefficient (Wildman–Crippen LogP) is 0.842. The molecule has 0 saturated carbocycles. The van der Waals surface area contributed by atoms with Gasteiger partial charge in [0, 0.05) is 25.3 Å². The summed E-state index contributed by atoms with van der Waals surface area (Å²) in [5.74, 6) is -0.0149. The van der Waals surface area contributed by atoms with E-state index in [1.165, 1.54) is 0 Å². The summed E-state index contributed by atoms with van der Waals surface area (Å²) in [7, 11) is 1.88. The molecule has 0 saturated heterocycles. The lowest BCUT2D eigenvalue weighted by molar-refractivity contribution is -0.132. The topological polar surface area (TPSA) is 72.9 Å². The predicted molar refractivity (Wildman–Crippen MR) is 72.0 cm³/mol. The minimum Gasteiger partial charge on any atom is -0.355 e. The zero-order valence-corrected chi connectivity index (χ0v) is 11.9. The molecule has 0 aliphatic carbocycles. The lowest BCUT2D eigenvalue weighted by Crippen LogP contribution is -2.55. The van der Waals surface area contributed by atoms with Crippen molar-refractivity contribution in [3.63, 3.8) is 0 Å². The van der Waals surface area contributed by atoms with Crippen LogP contribution in [0.3, 0.4) is 0 Å². The average molecular weight is 252 g/mol. The Morgan fingerprint density at radius 3 is 2.50 bits per heavy atom. The number of nitrogens with one attached hydrogen (secondary N) is 1. The molecule has 0 unspecified atom stereocenters. The van der Waals surface area contributed by atoms with E-state index in [-0.39, 0.29) is 5.91 Å². The van der Waals surface area contributed by atoms with E-state index in [4.69, 9.17) is 5.73 Å². The zero-order valence-electron chi connectivity index (χ0n) is 11.9. The van der Waals surface area contributed by atoms with E-state index in [1.807, 2.05) is 47.1 Å². The van der Waals surface area contributed by atoms with Gasteiger partial charge in [0.25, 0.3) is 0 Å². The van der Waals surface area contributed by atoms with Gasteiger partial charge in [-0.25, -0.2) is 0 Å². The minimum atomic E-state index is -0.595. The summed E-state index contributed by atoms with van der Waals surface area (Å²) in [4.78, 5) is 12.1. The molecule has 0 fully saturated rings. The lowest BCUT2D eigenvalue weighted by atomic mass is 9.74. The third-order valence-corrected chi connectivity index (χ3v) is 3.64. The Morgan fingerprint density at radius 2 is 2.06 bits per heavy atom. The Hall–Kier alpha value is -1.36. The second-order valence-corrected chi connectivity index (χ2v) is 5.87. The molecular formula is C13H24N4O. The van der Waals surface area contributed by atoms with Crippen LogP contribution in [0.5, 0.6) is 0 Å². The first-order valence-corrected chi connectivity index (χ1v) is 6.19.